The summed E-state index contributed by atoms with van der Waals surface area (Å²) in [6.45, 7) is 4.46. The minimum Gasteiger partial charge on any atom is -0.454 e. The zero-order chi connectivity index (χ0) is 24.3. The molecule has 5 rings (SSSR count). The fourth-order valence-electron chi connectivity index (χ4n) is 5.36. The van der Waals surface area contributed by atoms with E-state index < -0.39 is 6.75 Å². The van der Waals surface area contributed by atoms with E-state index in [4.69, 9.17) is 21.7 Å². The first-order valence-electron chi connectivity index (χ1n) is 13.4. The fourth-order valence-corrected chi connectivity index (χ4v) is 5.36. The Labute approximate surface area is 199 Å². The minimum atomic E-state index is -2.10. The number of nitrogens with one attached hydrogen (secondary N) is 1. The van der Waals surface area contributed by atoms with Crippen LogP contribution in [-0.2, 0) is 14.3 Å². The smallest absolute Gasteiger partial charge is 0.231 e. The summed E-state index contributed by atoms with van der Waals surface area (Å²) in [7, 11) is 0. The summed E-state index contributed by atoms with van der Waals surface area (Å²) >= 11 is 0. The highest BCUT2D eigenvalue weighted by Crippen LogP contribution is 2.41. The molecular formula is C25H37N3O5. The number of carbonyl (C=O) groups excluding carboxylic acids is 1. The molecule has 1 amide bonds. The summed E-state index contributed by atoms with van der Waals surface area (Å²) in [6.07, 6.45) is 5.94. The number of hydrogen-bond donors (Lipinski definition) is 1. The van der Waals surface area contributed by atoms with Crippen molar-refractivity contribution in [3.63, 3.8) is 0 Å². The maximum Gasteiger partial charge on any atom is 0.231 e. The van der Waals surface area contributed by atoms with Crippen LogP contribution in [0.4, 0.5) is 5.69 Å². The predicted molar refractivity (Wildman–Crippen MR) is 125 cm³/mol. The van der Waals surface area contributed by atoms with Gasteiger partial charge in [-0.05, 0) is 56.7 Å². The van der Waals surface area contributed by atoms with Crippen molar-refractivity contribution in [3.05, 3.63) is 18.2 Å². The number of carbonyl (C=O) groups is 1. The molecule has 3 heterocycles. The van der Waals surface area contributed by atoms with Gasteiger partial charge >= 0.3 is 0 Å². The summed E-state index contributed by atoms with van der Waals surface area (Å²) in [5, 5.41) is 3.20. The van der Waals surface area contributed by atoms with Crippen molar-refractivity contribution in [1.29, 1.82) is 0 Å². The predicted octanol–water partition coefficient (Wildman–Crippen LogP) is 2.41. The third-order valence-electron chi connectivity index (χ3n) is 7.33. The number of hydrogen-bond acceptors (Lipinski definition) is 7. The van der Waals surface area contributed by atoms with E-state index in [-0.39, 0.29) is 18.1 Å². The van der Waals surface area contributed by atoms with Crippen molar-refractivity contribution in [1.82, 2.24) is 10.2 Å². The Morgan fingerprint density at radius 2 is 1.94 bits per heavy atom. The number of fused-ring (bicyclic) bond motifs is 1. The number of para-hydroxylation sites is 1. The van der Waals surface area contributed by atoms with E-state index >= 15 is 0 Å². The van der Waals surface area contributed by atoms with Crippen molar-refractivity contribution in [2.24, 2.45) is 5.92 Å². The monoisotopic (exact) mass is 461 g/mol. The van der Waals surface area contributed by atoms with Crippen molar-refractivity contribution in [2.45, 2.75) is 50.7 Å². The molecule has 0 spiro atoms. The Morgan fingerprint density at radius 1 is 1.09 bits per heavy atom. The molecule has 1 N–H and O–H groups in total. The number of rotatable bonds is 7. The van der Waals surface area contributed by atoms with Crippen LogP contribution in [0.5, 0.6) is 11.5 Å². The molecule has 0 aromatic heterocycles. The van der Waals surface area contributed by atoms with Crippen molar-refractivity contribution in [3.8, 4) is 11.5 Å². The largest absolute Gasteiger partial charge is 0.454 e. The van der Waals surface area contributed by atoms with Crippen molar-refractivity contribution < 1.29 is 26.5 Å². The normalized spacial score (nSPS) is 30.4. The van der Waals surface area contributed by atoms with E-state index in [0.717, 1.165) is 57.2 Å². The molecule has 3 aliphatic heterocycles. The van der Waals surface area contributed by atoms with E-state index in [1.165, 1.54) is 19.3 Å². The van der Waals surface area contributed by atoms with Crippen molar-refractivity contribution >= 4 is 11.6 Å². The van der Waals surface area contributed by atoms with E-state index in [9.17, 15) is 4.79 Å². The van der Waals surface area contributed by atoms with Crippen molar-refractivity contribution in [2.75, 3.05) is 64.2 Å². The van der Waals surface area contributed by atoms with Crippen LogP contribution in [0.1, 0.15) is 41.3 Å². The summed E-state index contributed by atoms with van der Waals surface area (Å²) in [6, 6.07) is 5.91. The first-order valence-corrected chi connectivity index (χ1v) is 12.4. The second-order valence-corrected chi connectivity index (χ2v) is 9.57. The molecule has 4 aliphatic rings. The van der Waals surface area contributed by atoms with Gasteiger partial charge < -0.3 is 29.2 Å². The molecule has 1 saturated carbocycles. The third kappa shape index (κ3) is 5.91. The van der Waals surface area contributed by atoms with Gasteiger partial charge in [0.1, 0.15) is 2.74 Å². The van der Waals surface area contributed by atoms with Gasteiger partial charge in [0.15, 0.2) is 11.5 Å². The zero-order valence-electron chi connectivity index (χ0n) is 21.3. The summed E-state index contributed by atoms with van der Waals surface area (Å²) in [4.78, 5) is 17.1. The van der Waals surface area contributed by atoms with Gasteiger partial charge in [0, 0.05) is 32.2 Å². The molecule has 1 aromatic rings. The number of anilines is 1. The highest BCUT2D eigenvalue weighted by molar-refractivity contribution is 5.76. The van der Waals surface area contributed by atoms with E-state index in [1.807, 2.05) is 12.1 Å². The number of amides is 1. The molecule has 1 atom stereocenters. The van der Waals surface area contributed by atoms with Gasteiger partial charge in [-0.2, -0.15) is 0 Å². The maximum absolute atomic E-state index is 12.3. The van der Waals surface area contributed by atoms with Gasteiger partial charge in [-0.1, -0.05) is 6.07 Å². The van der Waals surface area contributed by atoms with Crippen LogP contribution in [0.2, 0.25) is 0 Å². The number of benzene rings is 1. The summed E-state index contributed by atoms with van der Waals surface area (Å²) < 4.78 is 37.1. The molecular weight excluding hydrogens is 422 g/mol. The van der Waals surface area contributed by atoms with E-state index in [1.54, 1.807) is 6.07 Å². The van der Waals surface area contributed by atoms with Gasteiger partial charge in [0.2, 0.25) is 12.7 Å². The highest BCUT2D eigenvalue weighted by atomic mass is 16.7. The van der Waals surface area contributed by atoms with Crippen LogP contribution in [0.15, 0.2) is 18.2 Å². The van der Waals surface area contributed by atoms with Gasteiger partial charge in [0.25, 0.3) is 0 Å². The van der Waals surface area contributed by atoms with Crippen LogP contribution >= 0.6 is 0 Å². The standard InChI is InChI=1S/C25H37N3O5/c29-24(16-21-17-30-14-15-31-21)26-20-6-4-19(5-7-20)8-9-27-10-12-28(13-11-27)22-2-1-3-23-25(22)33-18-32-23/h1-3,19-21H,4-18H2,(H,26,29)/t19?,20?,21-/m0/s1/i18D2. The molecule has 0 bridgehead atoms. The molecule has 182 valence electrons. The molecule has 8 nitrogen and oxygen atoms in total. The Hall–Kier alpha value is -2.03. The van der Waals surface area contributed by atoms with Gasteiger partial charge in [0.05, 0.1) is 38.0 Å². The SMILES string of the molecule is [2H]C1([2H])Oc2cccc(N3CCN(CCC4CCC(NC(=O)C[C@H]5COCCO5)CC4)CC3)c2O1. The summed E-state index contributed by atoms with van der Waals surface area (Å²) in [5.41, 5.74) is 0.909. The average molecular weight is 462 g/mol. The first-order chi connectivity index (χ1) is 16.9. The van der Waals surface area contributed by atoms with Crippen LogP contribution in [0.25, 0.3) is 0 Å². The maximum atomic E-state index is 12.3. The molecule has 0 unspecified atom stereocenters. The second kappa shape index (κ2) is 10.9. The lowest BCUT2D eigenvalue weighted by molar-refractivity contribution is -0.132. The zero-order valence-corrected chi connectivity index (χ0v) is 19.3. The van der Waals surface area contributed by atoms with Crippen LogP contribution in [0.3, 0.4) is 0 Å². The number of nitrogens with zero attached hydrogens (tertiary/aromatic N) is 2. The molecule has 3 fully saturated rings. The lowest BCUT2D eigenvalue weighted by Crippen LogP contribution is -2.47. The molecule has 0 radical (unpaired) electrons. The summed E-state index contributed by atoms with van der Waals surface area (Å²) in [5.74, 6) is 1.79. The number of ether oxygens (including phenoxy) is 4. The van der Waals surface area contributed by atoms with Crippen LogP contribution in [0, 0.1) is 5.92 Å². The van der Waals surface area contributed by atoms with Crippen LogP contribution in [-0.4, -0.2) is 82.2 Å². The minimum absolute atomic E-state index is 0.0824. The average Bonchev–Trinajstić information content (AvgIpc) is 3.18. The lowest BCUT2D eigenvalue weighted by Gasteiger charge is -2.37. The highest BCUT2D eigenvalue weighted by Gasteiger charge is 2.27. The molecule has 1 aromatic carbocycles. The second-order valence-electron chi connectivity index (χ2n) is 9.57. The molecule has 1 aliphatic carbocycles. The molecule has 2 saturated heterocycles. The van der Waals surface area contributed by atoms with Gasteiger partial charge in [-0.15, -0.1) is 0 Å². The molecule has 33 heavy (non-hydrogen) atoms. The third-order valence-corrected chi connectivity index (χ3v) is 7.33. The topological polar surface area (TPSA) is 72.5 Å². The first kappa shape index (κ1) is 20.4. The van der Waals surface area contributed by atoms with E-state index in [0.29, 0.717) is 37.7 Å². The Bertz CT molecular complexity index is 867. The fraction of sp³-hybridized carbons (Fsp3) is 0.720. The quantitative estimate of drug-likeness (QED) is 0.669. The Kier molecular flexibility index (Phi) is 6.74. The Balaban J connectivity index is 0.995. The Morgan fingerprint density at radius 3 is 2.73 bits per heavy atom. The lowest BCUT2D eigenvalue weighted by atomic mass is 9.84. The number of piperazine rings is 1. The van der Waals surface area contributed by atoms with Gasteiger partial charge in [-0.3, -0.25) is 9.69 Å². The van der Waals surface area contributed by atoms with Crippen LogP contribution < -0.4 is 19.7 Å². The molecule has 8 heteroatoms. The van der Waals surface area contributed by atoms with E-state index in [2.05, 4.69) is 15.1 Å². The van der Waals surface area contributed by atoms with Gasteiger partial charge in [-0.25, -0.2) is 0 Å².